The highest BCUT2D eigenvalue weighted by Crippen LogP contribution is 2.33. The minimum atomic E-state index is -4.03. The number of aryl methyl sites for hydroxylation is 2. The first kappa shape index (κ1) is 17.1. The van der Waals surface area contributed by atoms with Crippen LogP contribution in [-0.4, -0.2) is 22.6 Å². The molecule has 0 aromatic heterocycles. The van der Waals surface area contributed by atoms with E-state index in [2.05, 4.69) is 0 Å². The van der Waals surface area contributed by atoms with Gasteiger partial charge in [0.25, 0.3) is 0 Å². The molecule has 0 N–H and O–H groups in total. The first-order chi connectivity index (χ1) is 10.9. The monoisotopic (exact) mass is 336 g/mol. The van der Waals surface area contributed by atoms with E-state index in [1.165, 1.54) is 20.3 Å². The van der Waals surface area contributed by atoms with Gasteiger partial charge >= 0.3 is 10.1 Å². The van der Waals surface area contributed by atoms with Crippen molar-refractivity contribution in [1.29, 1.82) is 0 Å². The molecule has 124 valence electrons. The number of ether oxygens (including phenoxy) is 2. The molecular formula is C17H20O5S. The molecule has 6 heteroatoms. The summed E-state index contributed by atoms with van der Waals surface area (Å²) >= 11 is 0. The molecule has 0 aliphatic carbocycles. The van der Waals surface area contributed by atoms with E-state index >= 15 is 0 Å². The van der Waals surface area contributed by atoms with Crippen molar-refractivity contribution in [2.45, 2.75) is 25.2 Å². The Balaban J connectivity index is 2.41. The summed E-state index contributed by atoms with van der Waals surface area (Å²) in [6, 6.07) is 9.94. The highest BCUT2D eigenvalue weighted by Gasteiger charge is 2.24. The standard InChI is InChI=1S/C17H20O5S/c1-5-13-6-8-14(9-7-13)22-23(18,19)17-11-15(20-3)12(2)10-16(17)21-4/h6-11H,5H2,1-4H3. The Morgan fingerprint density at radius 3 is 2.09 bits per heavy atom. The lowest BCUT2D eigenvalue weighted by Gasteiger charge is -2.14. The third kappa shape index (κ3) is 3.76. The van der Waals surface area contributed by atoms with Gasteiger partial charge in [0.1, 0.15) is 17.2 Å². The van der Waals surface area contributed by atoms with Gasteiger partial charge in [-0.15, -0.1) is 0 Å². The van der Waals surface area contributed by atoms with Crippen molar-refractivity contribution in [1.82, 2.24) is 0 Å². The number of benzene rings is 2. The Morgan fingerprint density at radius 2 is 1.57 bits per heavy atom. The highest BCUT2D eigenvalue weighted by atomic mass is 32.2. The van der Waals surface area contributed by atoms with Crippen LogP contribution in [0, 0.1) is 6.92 Å². The van der Waals surface area contributed by atoms with E-state index in [1.807, 2.05) is 26.0 Å². The van der Waals surface area contributed by atoms with E-state index in [9.17, 15) is 8.42 Å². The van der Waals surface area contributed by atoms with Crippen molar-refractivity contribution in [2.24, 2.45) is 0 Å². The van der Waals surface area contributed by atoms with Crippen molar-refractivity contribution in [3.8, 4) is 17.2 Å². The summed E-state index contributed by atoms with van der Waals surface area (Å²) in [6.07, 6.45) is 0.871. The van der Waals surface area contributed by atoms with Gasteiger partial charge in [0.05, 0.1) is 14.2 Å². The molecule has 0 unspecified atom stereocenters. The zero-order valence-corrected chi connectivity index (χ0v) is 14.4. The van der Waals surface area contributed by atoms with Gasteiger partial charge < -0.3 is 13.7 Å². The van der Waals surface area contributed by atoms with Crippen LogP contribution in [0.5, 0.6) is 17.2 Å². The van der Waals surface area contributed by atoms with Crippen molar-refractivity contribution >= 4 is 10.1 Å². The first-order valence-electron chi connectivity index (χ1n) is 7.17. The molecule has 0 heterocycles. The van der Waals surface area contributed by atoms with Crippen molar-refractivity contribution in [2.75, 3.05) is 14.2 Å². The van der Waals surface area contributed by atoms with Crippen LogP contribution in [0.25, 0.3) is 0 Å². The number of rotatable bonds is 6. The zero-order chi connectivity index (χ0) is 17.0. The average Bonchev–Trinajstić information content (AvgIpc) is 2.54. The molecule has 2 rings (SSSR count). The van der Waals surface area contributed by atoms with E-state index in [0.717, 1.165) is 17.5 Å². The minimum Gasteiger partial charge on any atom is -0.496 e. The molecular weight excluding hydrogens is 316 g/mol. The molecule has 0 saturated carbocycles. The summed E-state index contributed by atoms with van der Waals surface area (Å²) in [5.41, 5.74) is 1.87. The zero-order valence-electron chi connectivity index (χ0n) is 13.6. The molecule has 0 fully saturated rings. The van der Waals surface area contributed by atoms with E-state index in [-0.39, 0.29) is 16.4 Å². The number of methoxy groups -OCH3 is 2. The molecule has 0 aliphatic heterocycles. The second-order valence-corrected chi connectivity index (χ2v) is 6.52. The molecule has 0 radical (unpaired) electrons. The smallest absolute Gasteiger partial charge is 0.343 e. The summed E-state index contributed by atoms with van der Waals surface area (Å²) in [6.45, 7) is 3.83. The summed E-state index contributed by atoms with van der Waals surface area (Å²) in [7, 11) is -1.14. The second kappa shape index (κ2) is 6.91. The molecule has 0 bridgehead atoms. The molecule has 23 heavy (non-hydrogen) atoms. The van der Waals surface area contributed by atoms with Crippen LogP contribution in [0.15, 0.2) is 41.3 Å². The van der Waals surface area contributed by atoms with Crippen LogP contribution < -0.4 is 13.7 Å². The quantitative estimate of drug-likeness (QED) is 0.757. The molecule has 0 spiro atoms. The lowest BCUT2D eigenvalue weighted by atomic mass is 10.2. The fraction of sp³-hybridized carbons (Fsp3) is 0.294. The normalized spacial score (nSPS) is 11.1. The molecule has 2 aromatic carbocycles. The molecule has 5 nitrogen and oxygen atoms in total. The van der Waals surface area contributed by atoms with Crippen LogP contribution in [0.3, 0.4) is 0 Å². The molecule has 0 amide bonds. The maximum absolute atomic E-state index is 12.6. The largest absolute Gasteiger partial charge is 0.496 e. The Bertz CT molecular complexity index is 779. The minimum absolute atomic E-state index is 0.0676. The molecule has 2 aromatic rings. The summed E-state index contributed by atoms with van der Waals surface area (Å²) < 4.78 is 40.7. The van der Waals surface area contributed by atoms with Gasteiger partial charge in [-0.1, -0.05) is 19.1 Å². The van der Waals surface area contributed by atoms with Crippen molar-refractivity contribution in [3.63, 3.8) is 0 Å². The van der Waals surface area contributed by atoms with Crippen LogP contribution in [0.4, 0.5) is 0 Å². The maximum atomic E-state index is 12.6. The Kier molecular flexibility index (Phi) is 5.15. The van der Waals surface area contributed by atoms with Crippen molar-refractivity contribution in [3.05, 3.63) is 47.5 Å². The Hall–Kier alpha value is -2.21. The van der Waals surface area contributed by atoms with Gasteiger partial charge in [-0.25, -0.2) is 0 Å². The van der Waals surface area contributed by atoms with E-state index < -0.39 is 10.1 Å². The van der Waals surface area contributed by atoms with E-state index in [4.69, 9.17) is 13.7 Å². The predicted octanol–water partition coefficient (Wildman–Crippen LogP) is 3.34. The second-order valence-electron chi connectivity index (χ2n) is 5.01. The summed E-state index contributed by atoms with van der Waals surface area (Å²) in [5.74, 6) is 0.923. The first-order valence-corrected chi connectivity index (χ1v) is 8.58. The van der Waals surface area contributed by atoms with Gasteiger partial charge in [0.15, 0.2) is 4.90 Å². The van der Waals surface area contributed by atoms with Gasteiger partial charge in [-0.2, -0.15) is 8.42 Å². The van der Waals surface area contributed by atoms with Gasteiger partial charge in [0, 0.05) is 6.07 Å². The molecule has 0 saturated heterocycles. The lowest BCUT2D eigenvalue weighted by molar-refractivity contribution is 0.386. The number of hydrogen-bond donors (Lipinski definition) is 0. The number of hydrogen-bond acceptors (Lipinski definition) is 5. The van der Waals surface area contributed by atoms with Crippen LogP contribution in [0.1, 0.15) is 18.1 Å². The topological polar surface area (TPSA) is 61.8 Å². The summed E-state index contributed by atoms with van der Waals surface area (Å²) in [5, 5.41) is 0. The van der Waals surface area contributed by atoms with Crippen LogP contribution in [0.2, 0.25) is 0 Å². The van der Waals surface area contributed by atoms with Crippen molar-refractivity contribution < 1.29 is 22.1 Å². The van der Waals surface area contributed by atoms with Gasteiger partial charge in [0.2, 0.25) is 0 Å². The highest BCUT2D eigenvalue weighted by molar-refractivity contribution is 7.87. The van der Waals surface area contributed by atoms with E-state index in [1.54, 1.807) is 18.2 Å². The van der Waals surface area contributed by atoms with Crippen LogP contribution >= 0.6 is 0 Å². The summed E-state index contributed by atoms with van der Waals surface area (Å²) in [4.78, 5) is -0.0676. The fourth-order valence-electron chi connectivity index (χ4n) is 2.17. The van der Waals surface area contributed by atoms with Gasteiger partial charge in [-0.3, -0.25) is 0 Å². The lowest BCUT2D eigenvalue weighted by Crippen LogP contribution is -2.12. The predicted molar refractivity (Wildman–Crippen MR) is 87.9 cm³/mol. The third-order valence-electron chi connectivity index (χ3n) is 3.49. The SMILES string of the molecule is CCc1ccc(OS(=O)(=O)c2cc(OC)c(C)cc2OC)cc1. The van der Waals surface area contributed by atoms with Gasteiger partial charge in [-0.05, 0) is 42.7 Å². The van der Waals surface area contributed by atoms with Crippen LogP contribution in [-0.2, 0) is 16.5 Å². The molecule has 0 atom stereocenters. The Morgan fingerprint density at radius 1 is 0.957 bits per heavy atom. The fourth-order valence-corrected chi connectivity index (χ4v) is 3.26. The molecule has 0 aliphatic rings. The Labute approximate surface area is 136 Å². The maximum Gasteiger partial charge on any atom is 0.343 e. The van der Waals surface area contributed by atoms with E-state index in [0.29, 0.717) is 5.75 Å². The average molecular weight is 336 g/mol. The third-order valence-corrected chi connectivity index (χ3v) is 4.76.